The lowest BCUT2D eigenvalue weighted by Gasteiger charge is -2.17. The predicted octanol–water partition coefficient (Wildman–Crippen LogP) is 1.97. The monoisotopic (exact) mass is 333 g/mol. The molecule has 1 aliphatic rings. The third kappa shape index (κ3) is 3.20. The number of aryl methyl sites for hydroxylation is 1. The quantitative estimate of drug-likeness (QED) is 0.855. The molecule has 0 radical (unpaired) electrons. The normalized spacial score (nSPS) is 19.0. The van der Waals surface area contributed by atoms with E-state index < -0.39 is 10.0 Å². The molecule has 0 N–H and O–H groups in total. The van der Waals surface area contributed by atoms with Crippen LogP contribution < -0.4 is 4.74 Å². The Kier molecular flexibility index (Phi) is 4.32. The lowest BCUT2D eigenvalue weighted by Crippen LogP contribution is -2.28. The van der Waals surface area contributed by atoms with Gasteiger partial charge in [-0.05, 0) is 31.5 Å². The minimum Gasteiger partial charge on any atom is -0.497 e. The molecule has 0 bridgehead atoms. The third-order valence-electron chi connectivity index (χ3n) is 4.01. The Hall–Kier alpha value is -1.99. The Labute approximate surface area is 136 Å². The first-order chi connectivity index (χ1) is 11.0. The largest absolute Gasteiger partial charge is 0.497 e. The SMILES string of the molecule is COc1cccc(S(=O)(=O)N2CCC(c3nccc(C)n3)C2)c1. The molecule has 1 fully saturated rings. The van der Waals surface area contributed by atoms with Crippen LogP contribution in [0.1, 0.15) is 23.9 Å². The molecule has 0 amide bonds. The molecule has 1 aromatic carbocycles. The van der Waals surface area contributed by atoms with Gasteiger partial charge in [-0.3, -0.25) is 0 Å². The first kappa shape index (κ1) is 15.9. The van der Waals surface area contributed by atoms with Gasteiger partial charge in [0.05, 0.1) is 12.0 Å². The molecule has 1 aromatic heterocycles. The maximum atomic E-state index is 12.8. The number of ether oxygens (including phenoxy) is 1. The van der Waals surface area contributed by atoms with Gasteiger partial charge >= 0.3 is 0 Å². The summed E-state index contributed by atoms with van der Waals surface area (Å²) in [7, 11) is -2.00. The number of rotatable bonds is 4. The lowest BCUT2D eigenvalue weighted by atomic mass is 10.1. The van der Waals surface area contributed by atoms with Crippen LogP contribution in [0.5, 0.6) is 5.75 Å². The Balaban J connectivity index is 1.82. The van der Waals surface area contributed by atoms with Gasteiger partial charge in [0, 0.05) is 37.0 Å². The zero-order chi connectivity index (χ0) is 16.4. The molecule has 7 heteroatoms. The fourth-order valence-corrected chi connectivity index (χ4v) is 4.27. The lowest BCUT2D eigenvalue weighted by molar-refractivity contribution is 0.412. The fraction of sp³-hybridized carbons (Fsp3) is 0.375. The highest BCUT2D eigenvalue weighted by atomic mass is 32.2. The second-order valence-corrected chi connectivity index (χ2v) is 7.52. The summed E-state index contributed by atoms with van der Waals surface area (Å²) in [5, 5.41) is 0. The van der Waals surface area contributed by atoms with E-state index in [-0.39, 0.29) is 10.8 Å². The van der Waals surface area contributed by atoms with Crippen LogP contribution in [0.25, 0.3) is 0 Å². The van der Waals surface area contributed by atoms with Crippen molar-refractivity contribution in [2.75, 3.05) is 20.2 Å². The number of aromatic nitrogens is 2. The van der Waals surface area contributed by atoms with Crippen molar-refractivity contribution in [3.63, 3.8) is 0 Å². The van der Waals surface area contributed by atoms with Crippen LogP contribution in [0.15, 0.2) is 41.4 Å². The first-order valence-electron chi connectivity index (χ1n) is 7.44. The van der Waals surface area contributed by atoms with E-state index in [9.17, 15) is 8.42 Å². The van der Waals surface area contributed by atoms with Crippen molar-refractivity contribution >= 4 is 10.0 Å². The van der Waals surface area contributed by atoms with Crippen LogP contribution in [0.2, 0.25) is 0 Å². The molecule has 1 atom stereocenters. The van der Waals surface area contributed by atoms with E-state index in [0.29, 0.717) is 24.7 Å². The highest BCUT2D eigenvalue weighted by Crippen LogP contribution is 2.30. The van der Waals surface area contributed by atoms with Crippen LogP contribution in [0, 0.1) is 6.92 Å². The van der Waals surface area contributed by atoms with Gasteiger partial charge in [-0.1, -0.05) is 6.07 Å². The average molecular weight is 333 g/mol. The van der Waals surface area contributed by atoms with Crippen LogP contribution in [-0.4, -0.2) is 42.9 Å². The van der Waals surface area contributed by atoms with Gasteiger partial charge in [0.15, 0.2) is 0 Å². The predicted molar refractivity (Wildman–Crippen MR) is 85.9 cm³/mol. The molecular weight excluding hydrogens is 314 g/mol. The van der Waals surface area contributed by atoms with Crippen molar-refractivity contribution in [2.45, 2.75) is 24.2 Å². The van der Waals surface area contributed by atoms with E-state index in [4.69, 9.17) is 4.74 Å². The summed E-state index contributed by atoms with van der Waals surface area (Å²) < 4.78 is 32.2. The molecule has 2 aromatic rings. The van der Waals surface area contributed by atoms with Crippen molar-refractivity contribution in [2.24, 2.45) is 0 Å². The van der Waals surface area contributed by atoms with Crippen LogP contribution in [-0.2, 0) is 10.0 Å². The minimum atomic E-state index is -3.52. The summed E-state index contributed by atoms with van der Waals surface area (Å²) >= 11 is 0. The van der Waals surface area contributed by atoms with Gasteiger partial charge in [-0.2, -0.15) is 4.31 Å². The van der Waals surface area contributed by atoms with Crippen LogP contribution in [0.3, 0.4) is 0 Å². The Morgan fingerprint density at radius 1 is 1.30 bits per heavy atom. The molecule has 0 saturated carbocycles. The second kappa shape index (κ2) is 6.25. The van der Waals surface area contributed by atoms with Crippen molar-refractivity contribution < 1.29 is 13.2 Å². The highest BCUT2D eigenvalue weighted by Gasteiger charge is 2.34. The molecule has 0 spiro atoms. The van der Waals surface area contributed by atoms with Crippen molar-refractivity contribution in [1.29, 1.82) is 0 Å². The molecule has 1 unspecified atom stereocenters. The van der Waals surface area contributed by atoms with Crippen molar-refractivity contribution in [3.05, 3.63) is 48.0 Å². The number of nitrogens with zero attached hydrogens (tertiary/aromatic N) is 3. The maximum absolute atomic E-state index is 12.8. The maximum Gasteiger partial charge on any atom is 0.243 e. The van der Waals surface area contributed by atoms with Crippen LogP contribution >= 0.6 is 0 Å². The molecular formula is C16H19N3O3S. The fourth-order valence-electron chi connectivity index (χ4n) is 2.73. The third-order valence-corrected chi connectivity index (χ3v) is 5.87. The van der Waals surface area contributed by atoms with Gasteiger partial charge in [-0.25, -0.2) is 18.4 Å². The summed E-state index contributed by atoms with van der Waals surface area (Å²) in [4.78, 5) is 8.96. The Bertz CT molecular complexity index is 808. The summed E-state index contributed by atoms with van der Waals surface area (Å²) in [6, 6.07) is 8.39. The topological polar surface area (TPSA) is 72.4 Å². The van der Waals surface area contributed by atoms with Crippen molar-refractivity contribution in [3.8, 4) is 5.75 Å². The molecule has 2 heterocycles. The zero-order valence-electron chi connectivity index (χ0n) is 13.1. The smallest absolute Gasteiger partial charge is 0.243 e. The van der Waals surface area contributed by atoms with E-state index in [1.807, 2.05) is 13.0 Å². The molecule has 6 nitrogen and oxygen atoms in total. The van der Waals surface area contributed by atoms with E-state index in [1.165, 1.54) is 11.4 Å². The standard InChI is InChI=1S/C16H19N3O3S/c1-12-6-8-17-16(18-12)13-7-9-19(11-13)23(20,21)15-5-3-4-14(10-15)22-2/h3-6,8,10,13H,7,9,11H2,1-2H3. The van der Waals surface area contributed by atoms with E-state index in [0.717, 1.165) is 12.1 Å². The van der Waals surface area contributed by atoms with Gasteiger partial charge in [0.1, 0.15) is 11.6 Å². The number of sulfonamides is 1. The molecule has 1 aliphatic heterocycles. The molecule has 3 rings (SSSR count). The number of hydrogen-bond acceptors (Lipinski definition) is 5. The number of hydrogen-bond donors (Lipinski definition) is 0. The number of benzene rings is 1. The Morgan fingerprint density at radius 2 is 2.13 bits per heavy atom. The van der Waals surface area contributed by atoms with Crippen LogP contribution in [0.4, 0.5) is 0 Å². The molecule has 23 heavy (non-hydrogen) atoms. The number of methoxy groups -OCH3 is 1. The molecule has 1 saturated heterocycles. The first-order valence-corrected chi connectivity index (χ1v) is 8.88. The van der Waals surface area contributed by atoms with E-state index in [1.54, 1.807) is 30.5 Å². The summed E-state index contributed by atoms with van der Waals surface area (Å²) in [6.07, 6.45) is 2.45. The summed E-state index contributed by atoms with van der Waals surface area (Å²) in [5.74, 6) is 1.28. The van der Waals surface area contributed by atoms with E-state index >= 15 is 0 Å². The zero-order valence-corrected chi connectivity index (χ0v) is 14.0. The van der Waals surface area contributed by atoms with Gasteiger partial charge in [-0.15, -0.1) is 0 Å². The molecule has 122 valence electrons. The van der Waals surface area contributed by atoms with E-state index in [2.05, 4.69) is 9.97 Å². The van der Waals surface area contributed by atoms with Gasteiger partial charge in [0.2, 0.25) is 10.0 Å². The summed E-state index contributed by atoms with van der Waals surface area (Å²) in [6.45, 7) is 2.79. The highest BCUT2D eigenvalue weighted by molar-refractivity contribution is 7.89. The minimum absolute atomic E-state index is 0.0373. The summed E-state index contributed by atoms with van der Waals surface area (Å²) in [5.41, 5.74) is 0.893. The van der Waals surface area contributed by atoms with Gasteiger partial charge < -0.3 is 4.74 Å². The average Bonchev–Trinajstić information content (AvgIpc) is 3.06. The van der Waals surface area contributed by atoms with Crippen molar-refractivity contribution in [1.82, 2.24) is 14.3 Å². The molecule has 0 aliphatic carbocycles. The second-order valence-electron chi connectivity index (χ2n) is 5.58. The van der Waals surface area contributed by atoms with Gasteiger partial charge in [0.25, 0.3) is 0 Å². The Morgan fingerprint density at radius 3 is 2.87 bits per heavy atom.